The van der Waals surface area contributed by atoms with Crippen LogP contribution < -0.4 is 4.90 Å². The first kappa shape index (κ1) is 34.2. The van der Waals surface area contributed by atoms with Crippen LogP contribution in [0.4, 0.5) is 5.69 Å². The van der Waals surface area contributed by atoms with Crippen LogP contribution in [0.25, 0.3) is 0 Å². The van der Waals surface area contributed by atoms with Crippen LogP contribution in [0.3, 0.4) is 0 Å². The smallest absolute Gasteiger partial charge is 0.122 e. The second-order valence-electron chi connectivity index (χ2n) is 16.9. The first-order valence-corrected chi connectivity index (χ1v) is 16.7. The minimum Gasteiger partial charge on any atom is -0.507 e. The van der Waals surface area contributed by atoms with Crippen LogP contribution in [0.2, 0.25) is 0 Å². The molecule has 0 saturated heterocycles. The van der Waals surface area contributed by atoms with Crippen molar-refractivity contribution in [3.8, 4) is 23.0 Å². The van der Waals surface area contributed by atoms with Gasteiger partial charge in [-0.15, -0.1) is 0 Å². The van der Waals surface area contributed by atoms with E-state index in [1.807, 2.05) is 43.3 Å². The summed E-state index contributed by atoms with van der Waals surface area (Å²) in [6.07, 6.45) is 1.31. The molecule has 0 spiro atoms. The molecule has 47 heavy (non-hydrogen) atoms. The predicted octanol–water partition coefficient (Wildman–Crippen LogP) is 9.14. The minimum absolute atomic E-state index is 0.171. The van der Waals surface area contributed by atoms with E-state index in [0.717, 1.165) is 55.8 Å². The van der Waals surface area contributed by atoms with Crippen LogP contribution in [0, 0.1) is 0 Å². The highest BCUT2D eigenvalue weighted by Gasteiger charge is 2.26. The van der Waals surface area contributed by atoms with E-state index in [0.29, 0.717) is 36.8 Å². The van der Waals surface area contributed by atoms with E-state index in [1.54, 1.807) is 0 Å². The van der Waals surface area contributed by atoms with Crippen molar-refractivity contribution < 1.29 is 20.4 Å². The number of phenolic OH excluding ortho intramolecular Hbond substituents is 4. The molecule has 0 heterocycles. The molecule has 0 atom stereocenters. The fraction of sp³-hybridized carbons (Fsp3) is 0.429. The second kappa shape index (κ2) is 11.8. The van der Waals surface area contributed by atoms with E-state index in [1.165, 1.54) is 0 Å². The van der Waals surface area contributed by atoms with Gasteiger partial charge in [0.25, 0.3) is 0 Å². The van der Waals surface area contributed by atoms with Crippen molar-refractivity contribution >= 4 is 5.69 Å². The lowest BCUT2D eigenvalue weighted by atomic mass is 9.80. The summed E-state index contributed by atoms with van der Waals surface area (Å²) < 4.78 is 0. The molecule has 0 radical (unpaired) electrons. The average molecular weight is 636 g/mol. The number of hydrogen-bond donors (Lipinski definition) is 4. The number of hydrogen-bond acceptors (Lipinski definition) is 5. The summed E-state index contributed by atoms with van der Waals surface area (Å²) >= 11 is 0. The molecule has 4 aromatic carbocycles. The van der Waals surface area contributed by atoms with Gasteiger partial charge >= 0.3 is 0 Å². The van der Waals surface area contributed by atoms with Crippen LogP contribution in [0.5, 0.6) is 23.0 Å². The third-order valence-electron chi connectivity index (χ3n) is 9.69. The largest absolute Gasteiger partial charge is 0.507 e. The van der Waals surface area contributed by atoms with Gasteiger partial charge in [-0.05, 0) is 78.4 Å². The Morgan fingerprint density at radius 1 is 0.383 bits per heavy atom. The molecule has 5 heteroatoms. The number of rotatable bonds is 1. The van der Waals surface area contributed by atoms with Crippen LogP contribution in [-0.2, 0) is 41.9 Å². The molecule has 0 aliphatic heterocycles. The second-order valence-corrected chi connectivity index (χ2v) is 16.9. The van der Waals surface area contributed by atoms with Gasteiger partial charge < -0.3 is 25.3 Å². The molecule has 0 saturated carbocycles. The van der Waals surface area contributed by atoms with Gasteiger partial charge in [0, 0.05) is 56.6 Å². The highest BCUT2D eigenvalue weighted by atomic mass is 16.3. The third kappa shape index (κ3) is 6.95. The van der Waals surface area contributed by atoms with E-state index < -0.39 is 0 Å². The van der Waals surface area contributed by atoms with E-state index in [-0.39, 0.29) is 39.2 Å². The van der Waals surface area contributed by atoms with Crippen LogP contribution in [0.1, 0.15) is 124 Å². The summed E-state index contributed by atoms with van der Waals surface area (Å²) in [6, 6.07) is 16.3. The highest BCUT2D eigenvalue weighted by molar-refractivity contribution is 5.62. The predicted molar refractivity (Wildman–Crippen MR) is 194 cm³/mol. The Hall–Kier alpha value is -4.12. The molecule has 250 valence electrons. The molecule has 0 fully saturated rings. The highest BCUT2D eigenvalue weighted by Crippen LogP contribution is 2.42. The van der Waals surface area contributed by atoms with Crippen molar-refractivity contribution in [3.05, 3.63) is 110 Å². The number of phenols is 4. The topological polar surface area (TPSA) is 84.2 Å². The molecule has 0 aromatic heterocycles. The number of fused-ring (bicyclic) bond motifs is 8. The summed E-state index contributed by atoms with van der Waals surface area (Å²) in [6.45, 7) is 19.4. The average Bonchev–Trinajstić information content (AvgIpc) is 2.94. The summed E-state index contributed by atoms with van der Waals surface area (Å²) in [4.78, 5) is 2.01. The Bertz CT molecular complexity index is 1730. The maximum atomic E-state index is 11.9. The van der Waals surface area contributed by atoms with Gasteiger partial charge in [0.05, 0.1) is 0 Å². The van der Waals surface area contributed by atoms with Gasteiger partial charge in [-0.1, -0.05) is 98.7 Å². The zero-order chi connectivity index (χ0) is 34.8. The van der Waals surface area contributed by atoms with Gasteiger partial charge in [0.2, 0.25) is 0 Å². The van der Waals surface area contributed by atoms with Crippen molar-refractivity contribution in [3.63, 3.8) is 0 Å². The third-order valence-corrected chi connectivity index (χ3v) is 9.69. The molecule has 0 amide bonds. The zero-order valence-electron chi connectivity index (χ0n) is 30.2. The van der Waals surface area contributed by atoms with Crippen LogP contribution in [0.15, 0.2) is 48.5 Å². The Kier molecular flexibility index (Phi) is 8.62. The van der Waals surface area contributed by atoms with Gasteiger partial charge in [-0.3, -0.25) is 0 Å². The van der Waals surface area contributed by atoms with Crippen LogP contribution in [-0.4, -0.2) is 34.5 Å². The maximum Gasteiger partial charge on any atom is 0.122 e. The molecule has 5 nitrogen and oxygen atoms in total. The van der Waals surface area contributed by atoms with E-state index in [2.05, 4.69) is 86.6 Å². The number of aromatic hydroxyl groups is 4. The van der Waals surface area contributed by atoms with Crippen molar-refractivity contribution in [2.24, 2.45) is 0 Å². The van der Waals surface area contributed by atoms with E-state index in [4.69, 9.17) is 0 Å². The van der Waals surface area contributed by atoms with Gasteiger partial charge in [0.1, 0.15) is 23.0 Å². The molecule has 0 unspecified atom stereocenters. The zero-order valence-corrected chi connectivity index (χ0v) is 30.2. The summed E-state index contributed by atoms with van der Waals surface area (Å²) in [5.41, 5.74) is 9.38. The Morgan fingerprint density at radius 3 is 0.745 bits per heavy atom. The molecule has 4 N–H and O–H groups in total. The molecule has 1 aliphatic rings. The molecule has 5 rings (SSSR count). The van der Waals surface area contributed by atoms with Crippen molar-refractivity contribution in [1.29, 1.82) is 0 Å². The molecular formula is C42H53NO4. The number of anilines is 1. The fourth-order valence-electron chi connectivity index (χ4n) is 6.48. The molecular weight excluding hydrogens is 582 g/mol. The summed E-state index contributed by atoms with van der Waals surface area (Å²) in [5.74, 6) is 0.722. The maximum absolute atomic E-state index is 11.9. The summed E-state index contributed by atoms with van der Waals surface area (Å²) in [5, 5.41) is 47.4. The van der Waals surface area contributed by atoms with Gasteiger partial charge in [-0.25, -0.2) is 0 Å². The van der Waals surface area contributed by atoms with Gasteiger partial charge in [0.15, 0.2) is 0 Å². The van der Waals surface area contributed by atoms with Crippen molar-refractivity contribution in [1.82, 2.24) is 0 Å². The molecule has 4 aromatic rings. The summed E-state index contributed by atoms with van der Waals surface area (Å²) in [7, 11) is 3.95. The Morgan fingerprint density at radius 2 is 0.574 bits per heavy atom. The van der Waals surface area contributed by atoms with Crippen LogP contribution >= 0.6 is 0 Å². The van der Waals surface area contributed by atoms with E-state index in [9.17, 15) is 20.4 Å². The van der Waals surface area contributed by atoms with Crippen molar-refractivity contribution in [2.75, 3.05) is 19.0 Å². The minimum atomic E-state index is -0.192. The normalized spacial score (nSPS) is 13.9. The first-order chi connectivity index (χ1) is 21.6. The molecule has 1 aliphatic carbocycles. The Balaban J connectivity index is 1.88. The molecule has 8 bridgehead atoms. The SMILES string of the molecule is CN(C)c1cc2c(O)c(c1)Cc1cc(C(C)(C)C)cc(c1O)Cc1cc(C(C)(C)C)cc(c1O)Cc1cc(C(C)(C)C)cc(c1O)C2. The number of nitrogens with zero attached hydrogens (tertiary/aromatic N) is 1. The van der Waals surface area contributed by atoms with E-state index >= 15 is 0 Å². The standard InChI is InChI=1S/C42H53NO4/c1-40(2,3)32-16-24-12-26-18-33(41(4,5)6)20-28(37(26)45)14-30-22-35(43(10)11)23-31(39(30)47)15-29-21-34(42(7,8)9)19-27(38(29)46)13-25(17-32)36(24)44/h16-23,44-47H,12-15H2,1-11H3. The van der Waals surface area contributed by atoms with Crippen molar-refractivity contribution in [2.45, 2.75) is 104 Å². The lowest BCUT2D eigenvalue weighted by Gasteiger charge is -2.26. The fourth-order valence-corrected chi connectivity index (χ4v) is 6.48. The lowest BCUT2D eigenvalue weighted by molar-refractivity contribution is 0.449. The monoisotopic (exact) mass is 635 g/mol. The van der Waals surface area contributed by atoms with Gasteiger partial charge in [-0.2, -0.15) is 0 Å². The Labute approximate surface area is 281 Å². The number of benzene rings is 4. The first-order valence-electron chi connectivity index (χ1n) is 16.7. The quantitative estimate of drug-likeness (QED) is 0.148. The lowest BCUT2D eigenvalue weighted by Crippen LogP contribution is -2.15.